The van der Waals surface area contributed by atoms with Gasteiger partial charge in [-0.2, -0.15) is 0 Å². The van der Waals surface area contributed by atoms with Gasteiger partial charge in [0.2, 0.25) is 0 Å². The average molecular weight is 281 g/mol. The van der Waals surface area contributed by atoms with E-state index in [1.165, 1.54) is 17.3 Å². The number of amides is 2. The first-order valence-corrected chi connectivity index (χ1v) is 6.72. The minimum Gasteiger partial charge on any atom is -0.476 e. The maximum atomic E-state index is 11.9. The topological polar surface area (TPSA) is 100 Å². The molecule has 2 amide bonds. The van der Waals surface area contributed by atoms with Crippen molar-refractivity contribution in [1.82, 2.24) is 25.2 Å². The second kappa shape index (κ2) is 6.36. The van der Waals surface area contributed by atoms with Crippen molar-refractivity contribution < 1.29 is 14.7 Å². The minimum absolute atomic E-state index is 0.0740. The highest BCUT2D eigenvalue weighted by Crippen LogP contribution is 2.15. The number of aromatic carboxylic acids is 1. The van der Waals surface area contributed by atoms with Gasteiger partial charge in [-0.05, 0) is 18.8 Å². The van der Waals surface area contributed by atoms with Gasteiger partial charge < -0.3 is 15.3 Å². The zero-order chi connectivity index (χ0) is 14.5. The number of carbonyl (C=O) groups is 2. The normalized spacial score (nSPS) is 18.9. The van der Waals surface area contributed by atoms with Crippen molar-refractivity contribution >= 4 is 12.0 Å². The summed E-state index contributed by atoms with van der Waals surface area (Å²) in [5.74, 6) is -0.564. The van der Waals surface area contributed by atoms with E-state index in [4.69, 9.17) is 5.11 Å². The van der Waals surface area contributed by atoms with E-state index in [-0.39, 0.29) is 11.7 Å². The van der Waals surface area contributed by atoms with Gasteiger partial charge in [0, 0.05) is 19.6 Å². The van der Waals surface area contributed by atoms with Crippen molar-refractivity contribution in [3.63, 3.8) is 0 Å². The first kappa shape index (κ1) is 14.3. The van der Waals surface area contributed by atoms with E-state index in [9.17, 15) is 9.59 Å². The Hall–Kier alpha value is -2.12. The molecule has 1 unspecified atom stereocenters. The number of rotatable bonds is 4. The largest absolute Gasteiger partial charge is 0.476 e. The Bertz CT molecular complexity index is 487. The smallest absolute Gasteiger partial charge is 0.358 e. The van der Waals surface area contributed by atoms with Gasteiger partial charge in [-0.15, -0.1) is 5.10 Å². The number of urea groups is 1. The third-order valence-corrected chi connectivity index (χ3v) is 3.32. The lowest BCUT2D eigenvalue weighted by atomic mass is 10.0. The molecule has 110 valence electrons. The zero-order valence-electron chi connectivity index (χ0n) is 11.4. The van der Waals surface area contributed by atoms with Crippen LogP contribution in [0.4, 0.5) is 4.79 Å². The molecule has 8 heteroatoms. The van der Waals surface area contributed by atoms with Gasteiger partial charge in [-0.25, -0.2) is 14.3 Å². The maximum Gasteiger partial charge on any atom is 0.358 e. The molecule has 20 heavy (non-hydrogen) atoms. The monoisotopic (exact) mass is 281 g/mol. The Morgan fingerprint density at radius 3 is 3.00 bits per heavy atom. The van der Waals surface area contributed by atoms with Crippen LogP contribution in [0.3, 0.4) is 0 Å². The quantitative estimate of drug-likeness (QED) is 0.833. The lowest BCUT2D eigenvalue weighted by molar-refractivity contribution is 0.0690. The molecule has 1 aromatic rings. The molecule has 2 heterocycles. The summed E-state index contributed by atoms with van der Waals surface area (Å²) in [5, 5.41) is 18.7. The molecule has 8 nitrogen and oxygen atoms in total. The molecular formula is C12H19N5O3. The van der Waals surface area contributed by atoms with Crippen LogP contribution >= 0.6 is 0 Å². The highest BCUT2D eigenvalue weighted by Gasteiger charge is 2.20. The number of hydrogen-bond acceptors (Lipinski definition) is 4. The molecule has 0 radical (unpaired) electrons. The fourth-order valence-corrected chi connectivity index (χ4v) is 2.27. The Balaban J connectivity index is 1.74. The highest BCUT2D eigenvalue weighted by molar-refractivity contribution is 5.84. The van der Waals surface area contributed by atoms with Crippen LogP contribution in [0, 0.1) is 5.92 Å². The van der Waals surface area contributed by atoms with E-state index in [1.807, 2.05) is 4.90 Å². The van der Waals surface area contributed by atoms with Crippen LogP contribution in [0.5, 0.6) is 0 Å². The van der Waals surface area contributed by atoms with Crippen LogP contribution in [-0.2, 0) is 6.54 Å². The SMILES string of the molecule is CC1CCCN(C(=O)NCCn2cc(C(=O)O)nn2)C1. The Morgan fingerprint density at radius 1 is 1.55 bits per heavy atom. The first-order valence-electron chi connectivity index (χ1n) is 6.72. The molecule has 2 rings (SSSR count). The Morgan fingerprint density at radius 2 is 2.35 bits per heavy atom. The van der Waals surface area contributed by atoms with E-state index in [0.717, 1.165) is 19.5 Å². The summed E-state index contributed by atoms with van der Waals surface area (Å²) in [6, 6.07) is -0.0740. The number of carboxylic acids is 1. The standard InChI is InChI=1S/C12H19N5O3/c1-9-3-2-5-16(7-9)12(20)13-4-6-17-8-10(11(18)19)14-15-17/h8-9H,2-7H2,1H3,(H,13,20)(H,18,19). The van der Waals surface area contributed by atoms with Crippen molar-refractivity contribution in [3.05, 3.63) is 11.9 Å². The fourth-order valence-electron chi connectivity index (χ4n) is 2.27. The summed E-state index contributed by atoms with van der Waals surface area (Å²) < 4.78 is 1.41. The van der Waals surface area contributed by atoms with Crippen LogP contribution in [0.2, 0.25) is 0 Å². The Labute approximate surface area is 116 Å². The molecule has 0 bridgehead atoms. The third-order valence-electron chi connectivity index (χ3n) is 3.32. The first-order chi connectivity index (χ1) is 9.56. The molecule has 1 aliphatic rings. The van der Waals surface area contributed by atoms with Gasteiger partial charge in [0.25, 0.3) is 0 Å². The van der Waals surface area contributed by atoms with E-state index < -0.39 is 5.97 Å². The number of nitrogens with one attached hydrogen (secondary N) is 1. The number of hydrogen-bond donors (Lipinski definition) is 2. The number of piperidine rings is 1. The van der Waals surface area contributed by atoms with Gasteiger partial charge in [-0.3, -0.25) is 0 Å². The lowest BCUT2D eigenvalue weighted by Crippen LogP contribution is -2.45. The van der Waals surface area contributed by atoms with Crippen molar-refractivity contribution in [1.29, 1.82) is 0 Å². The molecule has 0 aromatic carbocycles. The van der Waals surface area contributed by atoms with Crippen molar-refractivity contribution in [2.75, 3.05) is 19.6 Å². The fraction of sp³-hybridized carbons (Fsp3) is 0.667. The van der Waals surface area contributed by atoms with Gasteiger partial charge in [0.15, 0.2) is 5.69 Å². The summed E-state index contributed by atoms with van der Waals surface area (Å²) in [4.78, 5) is 24.4. The number of nitrogens with zero attached hydrogens (tertiary/aromatic N) is 4. The van der Waals surface area contributed by atoms with Gasteiger partial charge in [-0.1, -0.05) is 12.1 Å². The second-order valence-corrected chi connectivity index (χ2v) is 5.10. The van der Waals surface area contributed by atoms with E-state index in [1.54, 1.807) is 0 Å². The average Bonchev–Trinajstić information content (AvgIpc) is 2.87. The third kappa shape index (κ3) is 3.69. The molecule has 0 saturated carbocycles. The van der Waals surface area contributed by atoms with Gasteiger partial charge in [0.1, 0.15) is 0 Å². The van der Waals surface area contributed by atoms with Gasteiger partial charge in [0.05, 0.1) is 12.7 Å². The summed E-state index contributed by atoms with van der Waals surface area (Å²) in [7, 11) is 0. The molecule has 1 saturated heterocycles. The molecule has 1 aliphatic heterocycles. The van der Waals surface area contributed by atoms with Crippen LogP contribution in [0.1, 0.15) is 30.3 Å². The van der Waals surface area contributed by atoms with Crippen LogP contribution in [0.15, 0.2) is 6.20 Å². The van der Waals surface area contributed by atoms with E-state index >= 15 is 0 Å². The molecule has 1 atom stereocenters. The molecule has 0 spiro atoms. The number of aromatic nitrogens is 3. The lowest BCUT2D eigenvalue weighted by Gasteiger charge is -2.30. The Kier molecular flexibility index (Phi) is 4.54. The number of likely N-dealkylation sites (tertiary alicyclic amines) is 1. The predicted molar refractivity (Wildman–Crippen MR) is 70.4 cm³/mol. The highest BCUT2D eigenvalue weighted by atomic mass is 16.4. The number of carboxylic acid groups (broad SMARTS) is 1. The van der Waals surface area contributed by atoms with Crippen LogP contribution in [0.25, 0.3) is 0 Å². The summed E-state index contributed by atoms with van der Waals surface area (Å²) in [6.45, 7) is 4.52. The summed E-state index contributed by atoms with van der Waals surface area (Å²) >= 11 is 0. The molecule has 2 N–H and O–H groups in total. The van der Waals surface area contributed by atoms with Gasteiger partial charge >= 0.3 is 12.0 Å². The predicted octanol–water partition coefficient (Wildman–Crippen LogP) is 0.418. The molecule has 1 aromatic heterocycles. The maximum absolute atomic E-state index is 11.9. The van der Waals surface area contributed by atoms with Crippen LogP contribution in [-0.4, -0.2) is 56.6 Å². The molecule has 1 fully saturated rings. The summed E-state index contributed by atoms with van der Waals surface area (Å²) in [5.41, 5.74) is -0.0961. The zero-order valence-corrected chi connectivity index (χ0v) is 11.4. The second-order valence-electron chi connectivity index (χ2n) is 5.10. The van der Waals surface area contributed by atoms with E-state index in [2.05, 4.69) is 22.6 Å². The molecule has 0 aliphatic carbocycles. The molecular weight excluding hydrogens is 262 g/mol. The van der Waals surface area contributed by atoms with Crippen molar-refractivity contribution in [2.45, 2.75) is 26.3 Å². The summed E-state index contributed by atoms with van der Waals surface area (Å²) in [6.07, 6.45) is 3.55. The number of carbonyl (C=O) groups excluding carboxylic acids is 1. The van der Waals surface area contributed by atoms with Crippen molar-refractivity contribution in [2.24, 2.45) is 5.92 Å². The van der Waals surface area contributed by atoms with Crippen molar-refractivity contribution in [3.8, 4) is 0 Å². The van der Waals surface area contributed by atoms with E-state index in [0.29, 0.717) is 19.0 Å². The minimum atomic E-state index is -1.11. The van der Waals surface area contributed by atoms with Crippen LogP contribution < -0.4 is 5.32 Å².